The van der Waals surface area contributed by atoms with Crippen molar-refractivity contribution in [2.24, 2.45) is 0 Å². The number of ether oxygens (including phenoxy) is 1. The van der Waals surface area contributed by atoms with Gasteiger partial charge in [-0.1, -0.05) is 0 Å². The molecule has 0 fully saturated rings. The molecule has 2 aromatic rings. The summed E-state index contributed by atoms with van der Waals surface area (Å²) in [6, 6.07) is 10.1. The van der Waals surface area contributed by atoms with Gasteiger partial charge >= 0.3 is 0 Å². The van der Waals surface area contributed by atoms with E-state index >= 15 is 0 Å². The Morgan fingerprint density at radius 3 is 2.92 bits per heavy atom. The second-order valence-corrected chi connectivity index (χ2v) is 7.43. The van der Waals surface area contributed by atoms with Crippen molar-refractivity contribution >= 4 is 29.4 Å². The SMILES string of the molecule is COc1cc(SC)ccc1C(=O)N[C@@H]1CCSc2ccc(F)cc21. The van der Waals surface area contributed by atoms with Crippen LogP contribution >= 0.6 is 23.5 Å². The molecular weight excluding hydrogens is 345 g/mol. The maximum atomic E-state index is 13.6. The van der Waals surface area contributed by atoms with E-state index in [-0.39, 0.29) is 17.8 Å². The predicted molar refractivity (Wildman–Crippen MR) is 96.7 cm³/mol. The summed E-state index contributed by atoms with van der Waals surface area (Å²) in [5.74, 6) is 0.958. The fourth-order valence-corrected chi connectivity index (χ4v) is 4.27. The summed E-state index contributed by atoms with van der Waals surface area (Å²) in [5.41, 5.74) is 1.34. The minimum atomic E-state index is -0.280. The Labute approximate surface area is 149 Å². The average Bonchev–Trinajstić information content (AvgIpc) is 2.61. The van der Waals surface area contributed by atoms with Gasteiger partial charge in [0.05, 0.1) is 18.7 Å². The van der Waals surface area contributed by atoms with Gasteiger partial charge in [-0.15, -0.1) is 23.5 Å². The van der Waals surface area contributed by atoms with E-state index < -0.39 is 0 Å². The van der Waals surface area contributed by atoms with Crippen molar-refractivity contribution in [2.45, 2.75) is 22.3 Å². The normalized spacial score (nSPS) is 16.4. The van der Waals surface area contributed by atoms with Crippen molar-refractivity contribution < 1.29 is 13.9 Å². The van der Waals surface area contributed by atoms with Crippen LogP contribution in [0.4, 0.5) is 4.39 Å². The van der Waals surface area contributed by atoms with Crippen molar-refractivity contribution in [3.05, 3.63) is 53.3 Å². The van der Waals surface area contributed by atoms with E-state index in [0.29, 0.717) is 11.3 Å². The van der Waals surface area contributed by atoms with Gasteiger partial charge in [-0.2, -0.15) is 0 Å². The van der Waals surface area contributed by atoms with Gasteiger partial charge in [0.15, 0.2) is 0 Å². The van der Waals surface area contributed by atoms with Gasteiger partial charge in [-0.3, -0.25) is 4.79 Å². The van der Waals surface area contributed by atoms with E-state index in [0.717, 1.165) is 27.5 Å². The highest BCUT2D eigenvalue weighted by Gasteiger charge is 2.24. The number of carbonyl (C=O) groups is 1. The largest absolute Gasteiger partial charge is 0.496 e. The first-order valence-electron chi connectivity index (χ1n) is 7.57. The van der Waals surface area contributed by atoms with Gasteiger partial charge < -0.3 is 10.1 Å². The van der Waals surface area contributed by atoms with Crippen molar-refractivity contribution in [1.82, 2.24) is 5.32 Å². The van der Waals surface area contributed by atoms with Crippen LogP contribution in [0, 0.1) is 5.82 Å². The number of carbonyl (C=O) groups excluding carboxylic acids is 1. The first-order chi connectivity index (χ1) is 11.6. The Kier molecular flexibility index (Phi) is 5.36. The number of hydrogen-bond donors (Lipinski definition) is 1. The molecule has 0 bridgehead atoms. The van der Waals surface area contributed by atoms with Gasteiger partial charge in [0.2, 0.25) is 0 Å². The van der Waals surface area contributed by atoms with Crippen molar-refractivity contribution in [2.75, 3.05) is 19.1 Å². The fraction of sp³-hybridized carbons (Fsp3) is 0.278. The number of nitrogens with one attached hydrogen (secondary N) is 1. The Balaban J connectivity index is 1.85. The van der Waals surface area contributed by atoms with E-state index in [2.05, 4.69) is 5.32 Å². The lowest BCUT2D eigenvalue weighted by Crippen LogP contribution is -2.31. The summed E-state index contributed by atoms with van der Waals surface area (Å²) in [7, 11) is 1.55. The number of methoxy groups -OCH3 is 1. The lowest BCUT2D eigenvalue weighted by atomic mass is 10.0. The third kappa shape index (κ3) is 3.54. The molecule has 0 saturated carbocycles. The standard InChI is InChI=1S/C18H18FNO2S2/c1-22-16-10-12(23-2)4-5-13(16)18(21)20-15-7-8-24-17-6-3-11(19)9-14(15)17/h3-6,9-10,15H,7-8H2,1-2H3,(H,20,21)/t15-/m1/s1. The number of thioether (sulfide) groups is 2. The molecule has 1 aliphatic heterocycles. The van der Waals surface area contributed by atoms with E-state index in [1.54, 1.807) is 42.8 Å². The van der Waals surface area contributed by atoms with Gasteiger partial charge in [0.25, 0.3) is 5.91 Å². The van der Waals surface area contributed by atoms with Crippen LogP contribution in [0.1, 0.15) is 28.4 Å². The molecular formula is C18H18FNO2S2. The molecule has 1 atom stereocenters. The Morgan fingerprint density at radius 2 is 2.17 bits per heavy atom. The monoisotopic (exact) mass is 363 g/mol. The number of hydrogen-bond acceptors (Lipinski definition) is 4. The third-order valence-electron chi connectivity index (χ3n) is 3.97. The molecule has 1 aliphatic rings. The average molecular weight is 363 g/mol. The zero-order valence-corrected chi connectivity index (χ0v) is 15.1. The number of rotatable bonds is 4. The summed E-state index contributed by atoms with van der Waals surface area (Å²) in [4.78, 5) is 14.7. The Bertz CT molecular complexity index is 767. The second kappa shape index (κ2) is 7.49. The molecule has 0 saturated heterocycles. The van der Waals surface area contributed by atoms with Crippen LogP contribution < -0.4 is 10.1 Å². The van der Waals surface area contributed by atoms with Crippen molar-refractivity contribution in [1.29, 1.82) is 0 Å². The van der Waals surface area contributed by atoms with Crippen molar-refractivity contribution in [3.63, 3.8) is 0 Å². The lowest BCUT2D eigenvalue weighted by molar-refractivity contribution is 0.0931. The van der Waals surface area contributed by atoms with Crippen LogP contribution in [-0.2, 0) is 0 Å². The number of halogens is 1. The molecule has 1 heterocycles. The molecule has 2 aromatic carbocycles. The molecule has 24 heavy (non-hydrogen) atoms. The lowest BCUT2D eigenvalue weighted by Gasteiger charge is -2.26. The molecule has 3 nitrogen and oxygen atoms in total. The van der Waals surface area contributed by atoms with Crippen LogP contribution in [0.3, 0.4) is 0 Å². The zero-order chi connectivity index (χ0) is 17.1. The summed E-state index contributed by atoms with van der Waals surface area (Å²) in [6.45, 7) is 0. The molecule has 6 heteroatoms. The summed E-state index contributed by atoms with van der Waals surface area (Å²) >= 11 is 3.28. The highest BCUT2D eigenvalue weighted by Crippen LogP contribution is 2.37. The Morgan fingerprint density at radius 1 is 1.33 bits per heavy atom. The van der Waals surface area contributed by atoms with Crippen LogP contribution in [-0.4, -0.2) is 25.0 Å². The quantitative estimate of drug-likeness (QED) is 0.811. The molecule has 1 N–H and O–H groups in total. The van der Waals surface area contributed by atoms with E-state index in [1.807, 2.05) is 18.4 Å². The molecule has 0 radical (unpaired) electrons. The molecule has 126 valence electrons. The molecule has 0 unspecified atom stereocenters. The summed E-state index contributed by atoms with van der Waals surface area (Å²) in [5, 5.41) is 3.03. The maximum absolute atomic E-state index is 13.6. The van der Waals surface area contributed by atoms with Gasteiger partial charge in [0.1, 0.15) is 11.6 Å². The highest BCUT2D eigenvalue weighted by atomic mass is 32.2. The molecule has 0 aliphatic carbocycles. The molecule has 3 rings (SSSR count). The number of fused-ring (bicyclic) bond motifs is 1. The van der Waals surface area contributed by atoms with Gasteiger partial charge in [-0.05, 0) is 54.6 Å². The first-order valence-corrected chi connectivity index (χ1v) is 9.78. The molecule has 0 aromatic heterocycles. The minimum absolute atomic E-state index is 0.186. The first kappa shape index (κ1) is 17.2. The van der Waals surface area contributed by atoms with E-state index in [4.69, 9.17) is 4.74 Å². The van der Waals surface area contributed by atoms with Gasteiger partial charge in [0, 0.05) is 15.5 Å². The van der Waals surface area contributed by atoms with Crippen LogP contribution in [0.15, 0.2) is 46.2 Å². The van der Waals surface area contributed by atoms with Crippen LogP contribution in [0.25, 0.3) is 0 Å². The van der Waals surface area contributed by atoms with Gasteiger partial charge in [-0.25, -0.2) is 4.39 Å². The van der Waals surface area contributed by atoms with E-state index in [1.165, 1.54) is 12.1 Å². The second-order valence-electron chi connectivity index (χ2n) is 5.41. The summed E-state index contributed by atoms with van der Waals surface area (Å²) in [6.07, 6.45) is 2.75. The van der Waals surface area contributed by atoms with Crippen LogP contribution in [0.5, 0.6) is 5.75 Å². The van der Waals surface area contributed by atoms with Crippen LogP contribution in [0.2, 0.25) is 0 Å². The zero-order valence-electron chi connectivity index (χ0n) is 13.5. The van der Waals surface area contributed by atoms with Crippen molar-refractivity contribution in [3.8, 4) is 5.75 Å². The topological polar surface area (TPSA) is 38.3 Å². The third-order valence-corrected chi connectivity index (χ3v) is 5.82. The Hall–Kier alpha value is -1.66. The number of amides is 1. The molecule has 1 amide bonds. The summed E-state index contributed by atoms with van der Waals surface area (Å²) < 4.78 is 18.9. The van der Waals surface area contributed by atoms with E-state index in [9.17, 15) is 9.18 Å². The minimum Gasteiger partial charge on any atom is -0.496 e. The number of benzene rings is 2. The predicted octanol–water partition coefficient (Wildman–Crippen LogP) is 4.52. The smallest absolute Gasteiger partial charge is 0.255 e. The fourth-order valence-electron chi connectivity index (χ4n) is 2.74. The highest BCUT2D eigenvalue weighted by molar-refractivity contribution is 7.99. The maximum Gasteiger partial charge on any atom is 0.255 e. The molecule has 0 spiro atoms.